The second kappa shape index (κ2) is 7.45. The zero-order valence-corrected chi connectivity index (χ0v) is 14.6. The molecule has 8 heteroatoms. The van der Waals surface area contributed by atoms with E-state index in [4.69, 9.17) is 0 Å². The van der Waals surface area contributed by atoms with Crippen LogP contribution in [0.1, 0.15) is 5.69 Å². The zero-order valence-electron chi connectivity index (χ0n) is 14.6. The predicted molar refractivity (Wildman–Crippen MR) is 104 cm³/mol. The Morgan fingerprint density at radius 1 is 1.07 bits per heavy atom. The van der Waals surface area contributed by atoms with Crippen LogP contribution in [-0.2, 0) is 6.61 Å². The Labute approximate surface area is 159 Å². The second-order valence-corrected chi connectivity index (χ2v) is 6.05. The van der Waals surface area contributed by atoms with Gasteiger partial charge in [-0.1, -0.05) is 24.3 Å². The van der Waals surface area contributed by atoms with E-state index in [2.05, 4.69) is 25.8 Å². The molecule has 140 valence electrons. The van der Waals surface area contributed by atoms with Crippen molar-refractivity contribution in [2.45, 2.75) is 6.61 Å². The quantitative estimate of drug-likeness (QED) is 0.433. The molecule has 2 heterocycles. The number of H-pyrrole nitrogens is 1. The van der Waals surface area contributed by atoms with E-state index in [1.54, 1.807) is 30.5 Å². The normalized spacial score (nSPS) is 10.8. The zero-order chi connectivity index (χ0) is 19.5. The highest BCUT2D eigenvalue weighted by Gasteiger charge is 2.12. The lowest BCUT2D eigenvalue weighted by molar-refractivity contribution is 0.262. The summed E-state index contributed by atoms with van der Waals surface area (Å²) in [5.74, 6) is -0.505. The Balaban J connectivity index is 1.54. The van der Waals surface area contributed by atoms with Crippen molar-refractivity contribution >= 4 is 28.4 Å². The van der Waals surface area contributed by atoms with Crippen molar-refractivity contribution in [1.82, 2.24) is 15.2 Å². The molecule has 0 spiro atoms. The van der Waals surface area contributed by atoms with Crippen LogP contribution in [0.25, 0.3) is 22.2 Å². The molecule has 0 atom stereocenters. The maximum Gasteiger partial charge on any atom is 0.323 e. The topological polar surface area (TPSA) is 103 Å². The number of amides is 2. The third kappa shape index (κ3) is 3.40. The summed E-state index contributed by atoms with van der Waals surface area (Å²) in [6.07, 6.45) is 1.65. The number of halogens is 1. The van der Waals surface area contributed by atoms with Gasteiger partial charge in [-0.15, -0.1) is 0 Å². The summed E-state index contributed by atoms with van der Waals surface area (Å²) in [6, 6.07) is 14.4. The number of hydrogen-bond acceptors (Lipinski definition) is 4. The van der Waals surface area contributed by atoms with Crippen LogP contribution in [0.5, 0.6) is 0 Å². The molecule has 0 radical (unpaired) electrons. The molecule has 0 unspecified atom stereocenters. The maximum atomic E-state index is 13.6. The molecule has 0 bridgehead atoms. The molecule has 4 rings (SSSR count). The number of nitrogens with one attached hydrogen (secondary N) is 3. The molecular formula is C20H16FN5O2. The predicted octanol–water partition coefficient (Wildman–Crippen LogP) is 3.90. The van der Waals surface area contributed by atoms with Gasteiger partial charge in [0, 0.05) is 11.9 Å². The Hall–Kier alpha value is -3.78. The average molecular weight is 377 g/mol. The lowest BCUT2D eigenvalue weighted by atomic mass is 10.0. The van der Waals surface area contributed by atoms with Crippen LogP contribution in [0.4, 0.5) is 20.6 Å². The van der Waals surface area contributed by atoms with Crippen LogP contribution in [-0.4, -0.2) is 26.3 Å². The fraction of sp³-hybridized carbons (Fsp3) is 0.0500. The highest BCUT2D eigenvalue weighted by atomic mass is 19.1. The van der Waals surface area contributed by atoms with Gasteiger partial charge in [-0.2, -0.15) is 5.10 Å². The number of benzene rings is 2. The minimum atomic E-state index is -0.540. The molecule has 7 nitrogen and oxygen atoms in total. The van der Waals surface area contributed by atoms with Crippen molar-refractivity contribution in [2.75, 3.05) is 10.6 Å². The van der Waals surface area contributed by atoms with E-state index in [1.807, 2.05) is 18.2 Å². The smallest absolute Gasteiger partial charge is 0.323 e. The number of aromatic nitrogens is 3. The molecule has 0 saturated heterocycles. The number of hydrogen-bond donors (Lipinski definition) is 4. The minimum absolute atomic E-state index is 0.104. The first kappa shape index (κ1) is 17.6. The summed E-state index contributed by atoms with van der Waals surface area (Å²) in [4.78, 5) is 16.3. The largest absolute Gasteiger partial charge is 0.390 e. The SMILES string of the molecule is O=C(Nc1ccc(-c2ccnc3n[nH]c(CO)c23)cc1)Nc1ccccc1F. The highest BCUT2D eigenvalue weighted by molar-refractivity contribution is 6.00. The van der Waals surface area contributed by atoms with Crippen LogP contribution in [0.15, 0.2) is 60.8 Å². The minimum Gasteiger partial charge on any atom is -0.390 e. The third-order valence-electron chi connectivity index (χ3n) is 4.26. The van der Waals surface area contributed by atoms with E-state index >= 15 is 0 Å². The highest BCUT2D eigenvalue weighted by Crippen LogP contribution is 2.29. The van der Waals surface area contributed by atoms with Gasteiger partial charge in [-0.05, 0) is 41.5 Å². The van der Waals surface area contributed by atoms with E-state index in [1.165, 1.54) is 12.1 Å². The summed E-state index contributed by atoms with van der Waals surface area (Å²) in [5.41, 5.74) is 3.51. The van der Waals surface area contributed by atoms with Gasteiger partial charge in [-0.3, -0.25) is 5.10 Å². The number of nitrogens with zero attached hydrogens (tertiary/aromatic N) is 2. The van der Waals surface area contributed by atoms with Gasteiger partial charge in [0.15, 0.2) is 5.65 Å². The lowest BCUT2D eigenvalue weighted by Crippen LogP contribution is -2.20. The van der Waals surface area contributed by atoms with Crippen LogP contribution in [0, 0.1) is 5.82 Å². The van der Waals surface area contributed by atoms with Crippen molar-refractivity contribution in [2.24, 2.45) is 0 Å². The first-order valence-electron chi connectivity index (χ1n) is 8.51. The van der Waals surface area contributed by atoms with E-state index < -0.39 is 11.8 Å². The van der Waals surface area contributed by atoms with Crippen molar-refractivity contribution in [1.29, 1.82) is 0 Å². The summed E-state index contributed by atoms with van der Waals surface area (Å²) >= 11 is 0. The molecule has 0 aliphatic heterocycles. The number of carbonyl (C=O) groups excluding carboxylic acids is 1. The van der Waals surface area contributed by atoms with E-state index in [9.17, 15) is 14.3 Å². The van der Waals surface area contributed by atoms with Crippen LogP contribution >= 0.6 is 0 Å². The molecule has 4 N–H and O–H groups in total. The molecular weight excluding hydrogens is 361 g/mol. The van der Waals surface area contributed by atoms with Crippen LogP contribution in [0.3, 0.4) is 0 Å². The van der Waals surface area contributed by atoms with Crippen molar-refractivity contribution in [3.8, 4) is 11.1 Å². The van der Waals surface area contributed by atoms with E-state index in [0.29, 0.717) is 17.0 Å². The third-order valence-corrected chi connectivity index (χ3v) is 4.26. The first-order valence-corrected chi connectivity index (χ1v) is 8.51. The molecule has 4 aromatic rings. The number of aromatic amines is 1. The van der Waals surface area contributed by atoms with Crippen molar-refractivity contribution in [3.05, 3.63) is 72.3 Å². The lowest BCUT2D eigenvalue weighted by Gasteiger charge is -2.09. The van der Waals surface area contributed by atoms with Gasteiger partial charge < -0.3 is 15.7 Å². The second-order valence-electron chi connectivity index (χ2n) is 6.05. The number of aliphatic hydroxyl groups excluding tert-OH is 1. The Morgan fingerprint density at radius 2 is 1.86 bits per heavy atom. The number of aliphatic hydroxyl groups is 1. The number of fused-ring (bicyclic) bond motifs is 1. The number of para-hydroxylation sites is 1. The summed E-state index contributed by atoms with van der Waals surface area (Å²) in [6.45, 7) is -0.176. The summed E-state index contributed by atoms with van der Waals surface area (Å²) in [5, 5.41) is 22.3. The van der Waals surface area contributed by atoms with Crippen LogP contribution < -0.4 is 10.6 Å². The van der Waals surface area contributed by atoms with Gasteiger partial charge in [0.25, 0.3) is 0 Å². The van der Waals surface area contributed by atoms with Gasteiger partial charge in [0.1, 0.15) is 5.82 Å². The molecule has 0 aliphatic carbocycles. The Kier molecular flexibility index (Phi) is 4.69. The standard InChI is InChI=1S/C20H16FN5O2/c21-15-3-1-2-4-16(15)24-20(28)23-13-7-5-12(6-8-13)14-9-10-22-19-18(14)17(11-27)25-26-19/h1-10,27H,11H2,(H,22,25,26)(H2,23,24,28). The van der Waals surface area contributed by atoms with Gasteiger partial charge in [0.2, 0.25) is 0 Å². The number of urea groups is 1. The number of anilines is 2. The Bertz CT molecular complexity index is 1140. The van der Waals surface area contributed by atoms with Crippen LogP contribution in [0.2, 0.25) is 0 Å². The molecule has 0 aliphatic rings. The maximum absolute atomic E-state index is 13.6. The molecule has 2 aromatic carbocycles. The van der Waals surface area contributed by atoms with Gasteiger partial charge >= 0.3 is 6.03 Å². The Morgan fingerprint density at radius 3 is 2.61 bits per heavy atom. The summed E-state index contributed by atoms with van der Waals surface area (Å²) < 4.78 is 13.6. The molecule has 28 heavy (non-hydrogen) atoms. The summed E-state index contributed by atoms with van der Waals surface area (Å²) in [7, 11) is 0. The molecule has 0 fully saturated rings. The average Bonchev–Trinajstić information content (AvgIpc) is 3.14. The fourth-order valence-corrected chi connectivity index (χ4v) is 2.94. The van der Waals surface area contributed by atoms with Crippen molar-refractivity contribution < 1.29 is 14.3 Å². The van der Waals surface area contributed by atoms with Gasteiger partial charge in [0.05, 0.1) is 23.4 Å². The number of pyridine rings is 1. The molecule has 0 saturated carbocycles. The van der Waals surface area contributed by atoms with Crippen molar-refractivity contribution in [3.63, 3.8) is 0 Å². The molecule has 2 aromatic heterocycles. The number of carbonyl (C=O) groups is 1. The van der Waals surface area contributed by atoms with E-state index in [-0.39, 0.29) is 12.3 Å². The fourth-order valence-electron chi connectivity index (χ4n) is 2.94. The van der Waals surface area contributed by atoms with Gasteiger partial charge in [-0.25, -0.2) is 14.2 Å². The van der Waals surface area contributed by atoms with E-state index in [0.717, 1.165) is 16.5 Å². The monoisotopic (exact) mass is 377 g/mol. The first-order chi connectivity index (χ1) is 13.7. The number of rotatable bonds is 4. The molecule has 2 amide bonds.